The van der Waals surface area contributed by atoms with Gasteiger partial charge in [0.25, 0.3) is 5.91 Å². The molecule has 9 nitrogen and oxygen atoms in total. The number of amides is 1. The highest BCUT2D eigenvalue weighted by molar-refractivity contribution is 7.15. The van der Waals surface area contributed by atoms with Crippen molar-refractivity contribution in [2.45, 2.75) is 38.5 Å². The molecule has 0 aromatic carbocycles. The molecule has 25 heavy (non-hydrogen) atoms. The molecule has 2 aromatic rings. The number of imidazole rings is 1. The van der Waals surface area contributed by atoms with Gasteiger partial charge in [-0.05, 0) is 12.8 Å². The summed E-state index contributed by atoms with van der Waals surface area (Å²) in [4.78, 5) is 21.1. The SMILES string of the molecule is CCc1[nH]c(C(=O)NC2CCN(c3nnc(CO)s3)CC2O)nc1Cl. The van der Waals surface area contributed by atoms with E-state index in [4.69, 9.17) is 16.7 Å². The third-order valence-electron chi connectivity index (χ3n) is 4.06. The highest BCUT2D eigenvalue weighted by atomic mass is 35.5. The first-order valence-corrected chi connectivity index (χ1v) is 9.12. The summed E-state index contributed by atoms with van der Waals surface area (Å²) in [7, 11) is 0. The van der Waals surface area contributed by atoms with Gasteiger partial charge in [-0.3, -0.25) is 4.79 Å². The summed E-state index contributed by atoms with van der Waals surface area (Å²) in [5.74, 6) is -0.245. The standard InChI is InChI=1S/C14H19ClN6O3S/c1-2-7-11(15)18-12(16-7)13(24)17-8-3-4-21(5-9(8)23)14-20-19-10(6-22)25-14/h8-9,22-23H,2-6H2,1H3,(H,16,18)(H,17,24). The van der Waals surface area contributed by atoms with Crippen LogP contribution < -0.4 is 10.2 Å². The van der Waals surface area contributed by atoms with Crippen LogP contribution in [0.1, 0.15) is 34.7 Å². The zero-order chi connectivity index (χ0) is 18.0. The number of aromatic nitrogens is 4. The Morgan fingerprint density at radius 2 is 2.32 bits per heavy atom. The number of aliphatic hydroxyl groups excluding tert-OH is 2. The number of aryl methyl sites for hydroxylation is 1. The Balaban J connectivity index is 1.60. The van der Waals surface area contributed by atoms with E-state index in [0.29, 0.717) is 46.9 Å². The molecule has 0 bridgehead atoms. The number of rotatable bonds is 5. The van der Waals surface area contributed by atoms with Crippen LogP contribution in [0.15, 0.2) is 0 Å². The van der Waals surface area contributed by atoms with E-state index in [1.165, 1.54) is 11.3 Å². The number of carbonyl (C=O) groups is 1. The van der Waals surface area contributed by atoms with Crippen LogP contribution in [-0.2, 0) is 13.0 Å². The Labute approximate surface area is 153 Å². The fraction of sp³-hybridized carbons (Fsp3) is 0.571. The van der Waals surface area contributed by atoms with Crippen LogP contribution in [0.2, 0.25) is 5.15 Å². The minimum absolute atomic E-state index is 0.146. The molecule has 1 fully saturated rings. The molecule has 136 valence electrons. The second-order valence-corrected chi connectivity index (χ2v) is 7.13. The van der Waals surface area contributed by atoms with Crippen LogP contribution in [0.3, 0.4) is 0 Å². The van der Waals surface area contributed by atoms with Crippen molar-refractivity contribution in [3.63, 3.8) is 0 Å². The number of anilines is 1. The summed E-state index contributed by atoms with van der Waals surface area (Å²) in [5, 5.41) is 31.6. The third-order valence-corrected chi connectivity index (χ3v) is 5.34. The molecule has 11 heteroatoms. The van der Waals surface area contributed by atoms with Crippen molar-refractivity contribution in [3.05, 3.63) is 21.7 Å². The van der Waals surface area contributed by atoms with Gasteiger partial charge in [0.05, 0.1) is 24.4 Å². The quantitative estimate of drug-likeness (QED) is 0.583. The molecule has 2 atom stereocenters. The van der Waals surface area contributed by atoms with E-state index in [-0.39, 0.29) is 18.5 Å². The first kappa shape index (κ1) is 18.1. The van der Waals surface area contributed by atoms with E-state index in [0.717, 1.165) is 0 Å². The number of H-pyrrole nitrogens is 1. The van der Waals surface area contributed by atoms with Gasteiger partial charge in [-0.25, -0.2) is 4.98 Å². The van der Waals surface area contributed by atoms with E-state index in [1.807, 2.05) is 11.8 Å². The van der Waals surface area contributed by atoms with Crippen LogP contribution in [0.5, 0.6) is 0 Å². The summed E-state index contributed by atoms with van der Waals surface area (Å²) >= 11 is 7.24. The number of piperidine rings is 1. The minimum atomic E-state index is -0.754. The molecule has 0 saturated carbocycles. The van der Waals surface area contributed by atoms with Gasteiger partial charge in [0.1, 0.15) is 5.01 Å². The minimum Gasteiger partial charge on any atom is -0.389 e. The van der Waals surface area contributed by atoms with Gasteiger partial charge < -0.3 is 25.4 Å². The van der Waals surface area contributed by atoms with Crippen molar-refractivity contribution >= 4 is 34.0 Å². The summed E-state index contributed by atoms with van der Waals surface area (Å²) < 4.78 is 0. The highest BCUT2D eigenvalue weighted by Gasteiger charge is 2.31. The lowest BCUT2D eigenvalue weighted by atomic mass is 10.0. The molecule has 1 aliphatic heterocycles. The van der Waals surface area contributed by atoms with Crippen molar-refractivity contribution in [1.82, 2.24) is 25.5 Å². The number of halogens is 1. The predicted octanol–water partition coefficient (Wildman–Crippen LogP) is 0.339. The molecule has 3 rings (SSSR count). The number of carbonyl (C=O) groups excluding carboxylic acids is 1. The van der Waals surface area contributed by atoms with Gasteiger partial charge in [0.15, 0.2) is 11.0 Å². The second-order valence-electron chi connectivity index (χ2n) is 5.73. The summed E-state index contributed by atoms with van der Waals surface area (Å²) in [6.07, 6.45) is 0.448. The zero-order valence-electron chi connectivity index (χ0n) is 13.6. The molecule has 0 aliphatic carbocycles. The van der Waals surface area contributed by atoms with E-state index in [9.17, 15) is 9.90 Å². The number of hydrogen-bond acceptors (Lipinski definition) is 8. The highest BCUT2D eigenvalue weighted by Crippen LogP contribution is 2.24. The van der Waals surface area contributed by atoms with Crippen LogP contribution in [0.25, 0.3) is 0 Å². The van der Waals surface area contributed by atoms with Crippen molar-refractivity contribution < 1.29 is 15.0 Å². The molecule has 4 N–H and O–H groups in total. The van der Waals surface area contributed by atoms with E-state index >= 15 is 0 Å². The van der Waals surface area contributed by atoms with Gasteiger partial charge in [-0.1, -0.05) is 29.9 Å². The van der Waals surface area contributed by atoms with Crippen molar-refractivity contribution in [2.24, 2.45) is 0 Å². The fourth-order valence-electron chi connectivity index (χ4n) is 2.68. The molecule has 1 saturated heterocycles. The number of aliphatic hydroxyl groups is 2. The normalized spacial score (nSPS) is 20.7. The number of nitrogens with zero attached hydrogens (tertiary/aromatic N) is 4. The Hall–Kier alpha value is -1.75. The van der Waals surface area contributed by atoms with E-state index in [2.05, 4.69) is 25.5 Å². The summed E-state index contributed by atoms with van der Waals surface area (Å²) in [6, 6.07) is -0.386. The van der Waals surface area contributed by atoms with Gasteiger partial charge in [0, 0.05) is 13.1 Å². The maximum absolute atomic E-state index is 12.3. The molecule has 2 unspecified atom stereocenters. The Bertz CT molecular complexity index is 751. The molecule has 2 aromatic heterocycles. The van der Waals surface area contributed by atoms with Crippen molar-refractivity contribution in [3.8, 4) is 0 Å². The molecule has 1 aliphatic rings. The van der Waals surface area contributed by atoms with Gasteiger partial charge in [-0.2, -0.15) is 0 Å². The van der Waals surface area contributed by atoms with Crippen LogP contribution >= 0.6 is 22.9 Å². The van der Waals surface area contributed by atoms with Crippen LogP contribution in [0, 0.1) is 0 Å². The molecule has 1 amide bonds. The zero-order valence-corrected chi connectivity index (χ0v) is 15.1. The molecular formula is C14H19ClN6O3S. The van der Waals surface area contributed by atoms with E-state index in [1.54, 1.807) is 0 Å². The maximum Gasteiger partial charge on any atom is 0.287 e. The van der Waals surface area contributed by atoms with Gasteiger partial charge in [-0.15, -0.1) is 10.2 Å². The Morgan fingerprint density at radius 1 is 1.52 bits per heavy atom. The molecule has 0 radical (unpaired) electrons. The third kappa shape index (κ3) is 3.92. The largest absolute Gasteiger partial charge is 0.389 e. The van der Waals surface area contributed by atoms with Gasteiger partial charge in [0.2, 0.25) is 5.13 Å². The Morgan fingerprint density at radius 3 is 2.92 bits per heavy atom. The van der Waals surface area contributed by atoms with E-state index < -0.39 is 12.0 Å². The topological polar surface area (TPSA) is 127 Å². The first-order chi connectivity index (χ1) is 12.0. The monoisotopic (exact) mass is 386 g/mol. The smallest absolute Gasteiger partial charge is 0.287 e. The lowest BCUT2D eigenvalue weighted by Crippen LogP contribution is -2.54. The first-order valence-electron chi connectivity index (χ1n) is 7.93. The van der Waals surface area contributed by atoms with Crippen LogP contribution in [0.4, 0.5) is 5.13 Å². The molecule has 0 spiro atoms. The Kier molecular flexibility index (Phi) is 5.52. The van der Waals surface area contributed by atoms with Crippen LogP contribution in [-0.4, -0.2) is 61.5 Å². The number of aromatic amines is 1. The lowest BCUT2D eigenvalue weighted by Gasteiger charge is -2.35. The number of β-amino-alcohol motifs (C(OH)–C–C–N with tert-alkyl or cyclic N) is 1. The predicted molar refractivity (Wildman–Crippen MR) is 92.9 cm³/mol. The fourth-order valence-corrected chi connectivity index (χ4v) is 3.68. The maximum atomic E-state index is 12.3. The number of hydrogen-bond donors (Lipinski definition) is 4. The summed E-state index contributed by atoms with van der Waals surface area (Å²) in [6.45, 7) is 2.69. The molecule has 3 heterocycles. The lowest BCUT2D eigenvalue weighted by molar-refractivity contribution is 0.0790. The van der Waals surface area contributed by atoms with Crippen molar-refractivity contribution in [1.29, 1.82) is 0 Å². The second kappa shape index (κ2) is 7.65. The average Bonchev–Trinajstić information content (AvgIpc) is 3.23. The van der Waals surface area contributed by atoms with Crippen molar-refractivity contribution in [2.75, 3.05) is 18.0 Å². The number of nitrogens with one attached hydrogen (secondary N) is 2. The summed E-state index contributed by atoms with van der Waals surface area (Å²) in [5.41, 5.74) is 0.707. The molecular weight excluding hydrogens is 368 g/mol. The average molecular weight is 387 g/mol. The van der Waals surface area contributed by atoms with Gasteiger partial charge >= 0.3 is 0 Å².